The Balaban J connectivity index is 2.53. The summed E-state index contributed by atoms with van der Waals surface area (Å²) in [4.78, 5) is 4.04. The molecule has 1 heterocycles. The predicted octanol–water partition coefficient (Wildman–Crippen LogP) is 3.25. The molecule has 0 aliphatic rings. The van der Waals surface area contributed by atoms with Crippen LogP contribution in [0.15, 0.2) is 35.1 Å². The van der Waals surface area contributed by atoms with Crippen molar-refractivity contribution in [2.75, 3.05) is 14.2 Å². The van der Waals surface area contributed by atoms with Crippen LogP contribution in [0.3, 0.4) is 0 Å². The molecule has 0 aliphatic carbocycles. The summed E-state index contributed by atoms with van der Waals surface area (Å²) < 4.78 is 11.3. The molecule has 0 amide bonds. The Hall–Kier alpha value is -1.59. The van der Waals surface area contributed by atoms with Crippen molar-refractivity contribution < 1.29 is 14.6 Å². The lowest BCUT2D eigenvalue weighted by atomic mass is 9.98. The fourth-order valence-corrected chi connectivity index (χ4v) is 2.78. The minimum Gasteiger partial charge on any atom is -0.495 e. The second-order valence-corrected chi connectivity index (χ2v) is 5.13. The molecule has 0 saturated carbocycles. The number of halogens is 1. The monoisotopic (exact) mass is 337 g/mol. The molecule has 0 radical (unpaired) electrons. The van der Waals surface area contributed by atoms with Gasteiger partial charge in [0.05, 0.1) is 14.2 Å². The highest BCUT2D eigenvalue weighted by atomic mass is 79.9. The van der Waals surface area contributed by atoms with Gasteiger partial charge < -0.3 is 14.6 Å². The summed E-state index contributed by atoms with van der Waals surface area (Å²) in [5.41, 5.74) is 2.40. The maximum absolute atomic E-state index is 10.6. The number of aromatic nitrogens is 1. The summed E-state index contributed by atoms with van der Waals surface area (Å²) in [5, 5.41) is 10.6. The predicted molar refractivity (Wildman–Crippen MR) is 80.3 cm³/mol. The quantitative estimate of drug-likeness (QED) is 0.930. The Morgan fingerprint density at radius 1 is 1.15 bits per heavy atom. The lowest BCUT2D eigenvalue weighted by Crippen LogP contribution is -2.05. The van der Waals surface area contributed by atoms with Crippen molar-refractivity contribution in [3.63, 3.8) is 0 Å². The van der Waals surface area contributed by atoms with Gasteiger partial charge in [-0.2, -0.15) is 0 Å². The fraction of sp³-hybridized carbons (Fsp3) is 0.267. The second-order valence-electron chi connectivity index (χ2n) is 4.34. The lowest BCUT2D eigenvalue weighted by Gasteiger charge is -2.19. The van der Waals surface area contributed by atoms with Crippen LogP contribution in [0, 0.1) is 6.92 Å². The first-order valence-corrected chi connectivity index (χ1v) is 6.88. The van der Waals surface area contributed by atoms with Crippen LogP contribution in [0.5, 0.6) is 11.5 Å². The first-order chi connectivity index (χ1) is 9.60. The number of hydrogen-bond donors (Lipinski definition) is 1. The van der Waals surface area contributed by atoms with Crippen molar-refractivity contribution in [2.24, 2.45) is 0 Å². The number of aliphatic hydroxyl groups is 1. The molecule has 1 N–H and O–H groups in total. The first kappa shape index (κ1) is 14.8. The summed E-state index contributed by atoms with van der Waals surface area (Å²) >= 11 is 3.44. The molecule has 0 fully saturated rings. The van der Waals surface area contributed by atoms with Crippen molar-refractivity contribution in [2.45, 2.75) is 13.0 Å². The average Bonchev–Trinajstić information content (AvgIpc) is 2.46. The van der Waals surface area contributed by atoms with Gasteiger partial charge in [0.2, 0.25) is 0 Å². The van der Waals surface area contributed by atoms with Gasteiger partial charge >= 0.3 is 0 Å². The molecule has 0 aliphatic heterocycles. The van der Waals surface area contributed by atoms with Crippen molar-refractivity contribution in [3.05, 3.63) is 51.8 Å². The molecule has 2 aromatic rings. The summed E-state index contributed by atoms with van der Waals surface area (Å²) in [7, 11) is 3.15. The van der Waals surface area contributed by atoms with E-state index < -0.39 is 6.10 Å². The molecule has 2 rings (SSSR count). The van der Waals surface area contributed by atoms with Gasteiger partial charge in [-0.3, -0.25) is 4.98 Å². The minimum atomic E-state index is -0.782. The number of ether oxygens (including phenoxy) is 2. The van der Waals surface area contributed by atoms with E-state index in [1.54, 1.807) is 44.8 Å². The Kier molecular flexibility index (Phi) is 4.62. The third-order valence-corrected chi connectivity index (χ3v) is 3.92. The first-order valence-electron chi connectivity index (χ1n) is 6.09. The number of pyridine rings is 1. The van der Waals surface area contributed by atoms with E-state index in [4.69, 9.17) is 9.47 Å². The molecule has 20 heavy (non-hydrogen) atoms. The molecule has 1 atom stereocenters. The normalized spacial score (nSPS) is 12.1. The highest BCUT2D eigenvalue weighted by Gasteiger charge is 2.21. The van der Waals surface area contributed by atoms with Gasteiger partial charge in [-0.05, 0) is 52.2 Å². The van der Waals surface area contributed by atoms with Gasteiger partial charge in [-0.1, -0.05) is 0 Å². The third-order valence-electron chi connectivity index (χ3n) is 3.17. The standard InChI is InChI=1S/C15H16BrNO3/c1-9-8-17-7-6-10(9)14(18)11-4-5-12(19-2)13(16)15(11)20-3/h4-8,14,18H,1-3H3. The van der Waals surface area contributed by atoms with E-state index in [0.29, 0.717) is 21.5 Å². The van der Waals surface area contributed by atoms with Crippen LogP contribution < -0.4 is 9.47 Å². The van der Waals surface area contributed by atoms with E-state index in [0.717, 1.165) is 11.1 Å². The fourth-order valence-electron chi connectivity index (χ4n) is 2.09. The number of hydrogen-bond acceptors (Lipinski definition) is 4. The van der Waals surface area contributed by atoms with Gasteiger partial charge in [0, 0.05) is 18.0 Å². The molecule has 1 unspecified atom stereocenters. The van der Waals surface area contributed by atoms with Gasteiger partial charge in [-0.25, -0.2) is 0 Å². The maximum Gasteiger partial charge on any atom is 0.142 e. The van der Waals surface area contributed by atoms with Crippen LogP contribution in [-0.4, -0.2) is 24.3 Å². The van der Waals surface area contributed by atoms with E-state index in [2.05, 4.69) is 20.9 Å². The van der Waals surface area contributed by atoms with Crippen molar-refractivity contribution in [3.8, 4) is 11.5 Å². The third kappa shape index (κ3) is 2.64. The molecule has 106 valence electrons. The van der Waals surface area contributed by atoms with Crippen LogP contribution >= 0.6 is 15.9 Å². The van der Waals surface area contributed by atoms with Crippen molar-refractivity contribution in [1.29, 1.82) is 0 Å². The summed E-state index contributed by atoms with van der Waals surface area (Å²) in [5.74, 6) is 1.22. The number of rotatable bonds is 4. The summed E-state index contributed by atoms with van der Waals surface area (Å²) in [6.45, 7) is 1.91. The van der Waals surface area contributed by atoms with E-state index in [1.165, 1.54) is 0 Å². The van der Waals surface area contributed by atoms with E-state index in [-0.39, 0.29) is 0 Å². The Morgan fingerprint density at radius 3 is 2.50 bits per heavy atom. The molecule has 1 aromatic carbocycles. The molecular weight excluding hydrogens is 322 g/mol. The van der Waals surface area contributed by atoms with E-state index in [1.807, 2.05) is 6.92 Å². The summed E-state index contributed by atoms with van der Waals surface area (Å²) in [6.07, 6.45) is 2.61. The van der Waals surface area contributed by atoms with Crippen molar-refractivity contribution >= 4 is 15.9 Å². The van der Waals surface area contributed by atoms with E-state index >= 15 is 0 Å². The second kappa shape index (κ2) is 6.24. The van der Waals surface area contributed by atoms with Crippen LogP contribution in [0.1, 0.15) is 22.8 Å². The van der Waals surface area contributed by atoms with Crippen LogP contribution in [-0.2, 0) is 0 Å². The molecule has 0 bridgehead atoms. The molecule has 5 heteroatoms. The highest BCUT2D eigenvalue weighted by molar-refractivity contribution is 9.10. The number of benzene rings is 1. The van der Waals surface area contributed by atoms with Crippen LogP contribution in [0.25, 0.3) is 0 Å². The van der Waals surface area contributed by atoms with Gasteiger partial charge in [-0.15, -0.1) is 0 Å². The molecular formula is C15H16BrNO3. The molecule has 1 aromatic heterocycles. The lowest BCUT2D eigenvalue weighted by molar-refractivity contribution is 0.213. The summed E-state index contributed by atoms with van der Waals surface area (Å²) in [6, 6.07) is 5.40. The minimum absolute atomic E-state index is 0.563. The van der Waals surface area contributed by atoms with Gasteiger partial charge in [0.15, 0.2) is 0 Å². The van der Waals surface area contributed by atoms with Crippen molar-refractivity contribution in [1.82, 2.24) is 4.98 Å². The number of nitrogens with zero attached hydrogens (tertiary/aromatic N) is 1. The Bertz CT molecular complexity index is 616. The van der Waals surface area contributed by atoms with Gasteiger partial charge in [0.1, 0.15) is 22.1 Å². The average molecular weight is 338 g/mol. The van der Waals surface area contributed by atoms with Gasteiger partial charge in [0.25, 0.3) is 0 Å². The van der Waals surface area contributed by atoms with Crippen LogP contribution in [0.2, 0.25) is 0 Å². The number of aliphatic hydroxyl groups excluding tert-OH is 1. The zero-order valence-corrected chi connectivity index (χ0v) is 13.1. The Labute approximate surface area is 126 Å². The number of methoxy groups -OCH3 is 2. The zero-order chi connectivity index (χ0) is 14.7. The number of aryl methyl sites for hydroxylation is 1. The zero-order valence-electron chi connectivity index (χ0n) is 11.6. The molecule has 4 nitrogen and oxygen atoms in total. The highest BCUT2D eigenvalue weighted by Crippen LogP contribution is 2.41. The topological polar surface area (TPSA) is 51.6 Å². The van der Waals surface area contributed by atoms with Crippen LogP contribution in [0.4, 0.5) is 0 Å². The Morgan fingerprint density at radius 2 is 1.90 bits per heavy atom. The molecule has 0 spiro atoms. The largest absolute Gasteiger partial charge is 0.495 e. The maximum atomic E-state index is 10.6. The smallest absolute Gasteiger partial charge is 0.142 e. The molecule has 0 saturated heterocycles. The SMILES string of the molecule is COc1ccc(C(O)c2ccncc2C)c(OC)c1Br. The van der Waals surface area contributed by atoms with E-state index in [9.17, 15) is 5.11 Å².